The van der Waals surface area contributed by atoms with Crippen molar-refractivity contribution >= 4 is 41.0 Å². The quantitative estimate of drug-likeness (QED) is 0.0560. The van der Waals surface area contributed by atoms with Crippen molar-refractivity contribution in [3.63, 3.8) is 0 Å². The van der Waals surface area contributed by atoms with Crippen LogP contribution in [0.25, 0.3) is 16.7 Å². The van der Waals surface area contributed by atoms with Gasteiger partial charge in [0.15, 0.2) is 11.6 Å². The summed E-state index contributed by atoms with van der Waals surface area (Å²) in [6.45, 7) is 12.0. The van der Waals surface area contributed by atoms with Gasteiger partial charge >= 0.3 is 23.7 Å². The van der Waals surface area contributed by atoms with Gasteiger partial charge < -0.3 is 24.6 Å². The van der Waals surface area contributed by atoms with E-state index in [1.54, 1.807) is 76.5 Å². The smallest absolute Gasteiger partial charge is 0.330 e. The highest BCUT2D eigenvalue weighted by Crippen LogP contribution is 2.34. The van der Waals surface area contributed by atoms with E-state index in [2.05, 4.69) is 6.58 Å². The molecule has 15 nitrogen and oxygen atoms in total. The van der Waals surface area contributed by atoms with Gasteiger partial charge in [-0.05, 0) is 96.2 Å². The zero-order valence-electron chi connectivity index (χ0n) is 44.4. The largest absolute Gasteiger partial charge is 0.481 e. The van der Waals surface area contributed by atoms with Crippen molar-refractivity contribution in [1.29, 1.82) is 0 Å². The van der Waals surface area contributed by atoms with E-state index in [0.29, 0.717) is 51.3 Å². The number of rotatable bonds is 20. The Morgan fingerprint density at radius 1 is 0.623 bits per heavy atom. The van der Waals surface area contributed by atoms with Crippen LogP contribution in [0.3, 0.4) is 0 Å². The molecule has 4 aromatic carbocycles. The summed E-state index contributed by atoms with van der Waals surface area (Å²) in [6, 6.07) is 15.9. The van der Waals surface area contributed by atoms with Crippen LogP contribution in [0.1, 0.15) is 108 Å². The number of amides is 3. The number of hydrogen-bond acceptors (Lipinski definition) is 8. The summed E-state index contributed by atoms with van der Waals surface area (Å²) in [5.41, 5.74) is 0.872. The number of hydrogen-bond donors (Lipinski definition) is 2. The number of allylic oxidation sites excluding steroid dienone is 2. The van der Waals surface area contributed by atoms with Gasteiger partial charge in [0.2, 0.25) is 5.91 Å². The molecule has 0 saturated heterocycles. The van der Waals surface area contributed by atoms with Gasteiger partial charge in [0.25, 0.3) is 5.56 Å². The fraction of sp³-hybridized carbons (Fsp3) is 0.345. The second-order valence-corrected chi connectivity index (χ2v) is 20.8. The van der Waals surface area contributed by atoms with Crippen LogP contribution in [-0.4, -0.2) is 83.6 Å². The monoisotopic (exact) mass is 1060 g/mol. The SMILES string of the molecule is C=C1C(c2ccc(C[C@H](CC(=O)c3c(F)cc(CN(Cc4cc(F)c(C(=O)C[C@@H](Cc5ccc(-c6c(C)n(C)c(=O)n(C)c6=O)cc5)C(=O)O)c(F)c4)C(=O)CCC(C)(C)C)cc3F)C(=O)O)cc2)=C(C)N(C)C(=O)N1C. The van der Waals surface area contributed by atoms with Gasteiger partial charge in [-0.2, -0.15) is 0 Å². The third kappa shape index (κ3) is 13.1. The van der Waals surface area contributed by atoms with Crippen molar-refractivity contribution in [1.82, 2.24) is 23.8 Å². The van der Waals surface area contributed by atoms with Crippen LogP contribution in [0.15, 0.2) is 100 Å². The number of aliphatic carboxylic acids is 2. The Bertz CT molecular complexity index is 3330. The first-order valence-electron chi connectivity index (χ1n) is 24.6. The summed E-state index contributed by atoms with van der Waals surface area (Å²) in [5, 5.41) is 20.2. The first-order chi connectivity index (χ1) is 36.0. The van der Waals surface area contributed by atoms with Crippen molar-refractivity contribution in [2.75, 3.05) is 14.1 Å². The summed E-state index contributed by atoms with van der Waals surface area (Å²) in [6.07, 6.45) is -1.72. The van der Waals surface area contributed by atoms with Crippen molar-refractivity contribution in [3.8, 4) is 11.1 Å². The summed E-state index contributed by atoms with van der Waals surface area (Å²) in [5.74, 6) is -13.8. The number of benzene rings is 4. The van der Waals surface area contributed by atoms with Crippen LogP contribution in [-0.2, 0) is 54.4 Å². The zero-order chi connectivity index (χ0) is 57.1. The Labute approximate surface area is 442 Å². The van der Waals surface area contributed by atoms with E-state index in [4.69, 9.17) is 0 Å². The second-order valence-electron chi connectivity index (χ2n) is 20.8. The van der Waals surface area contributed by atoms with Crippen molar-refractivity contribution in [2.45, 2.75) is 86.2 Å². The third-order valence-corrected chi connectivity index (χ3v) is 14.1. The van der Waals surface area contributed by atoms with E-state index in [1.165, 1.54) is 28.5 Å². The molecule has 0 saturated carbocycles. The number of Topliss-reactive ketones (excluding diaryl/α,β-unsaturated/α-hetero) is 2. The van der Waals surface area contributed by atoms with Gasteiger partial charge in [-0.3, -0.25) is 38.2 Å². The first kappa shape index (κ1) is 58.0. The van der Waals surface area contributed by atoms with Crippen LogP contribution >= 0.6 is 0 Å². The molecule has 2 N–H and O–H groups in total. The molecule has 19 heteroatoms. The summed E-state index contributed by atoms with van der Waals surface area (Å²) in [7, 11) is 6.07. The Morgan fingerprint density at radius 3 is 1.44 bits per heavy atom. The normalized spacial score (nSPS) is 13.7. The minimum Gasteiger partial charge on any atom is -0.481 e. The summed E-state index contributed by atoms with van der Waals surface area (Å²) < 4.78 is 65.8. The summed E-state index contributed by atoms with van der Waals surface area (Å²) in [4.78, 5) is 107. The number of halogens is 4. The minimum atomic E-state index is -1.43. The Kier molecular flexibility index (Phi) is 17.6. The van der Waals surface area contributed by atoms with Crippen molar-refractivity contribution in [3.05, 3.63) is 180 Å². The maximum atomic E-state index is 15.9. The van der Waals surface area contributed by atoms with Crippen LogP contribution in [0.2, 0.25) is 0 Å². The topological polar surface area (TPSA) is 197 Å². The van der Waals surface area contributed by atoms with Crippen LogP contribution < -0.4 is 11.2 Å². The number of aromatic nitrogens is 2. The maximum Gasteiger partial charge on any atom is 0.330 e. The number of carboxylic acid groups (broad SMARTS) is 2. The molecule has 5 aromatic rings. The van der Waals surface area contributed by atoms with Gasteiger partial charge in [-0.25, -0.2) is 27.2 Å². The van der Waals surface area contributed by atoms with Crippen LogP contribution in [0, 0.1) is 47.4 Å². The predicted molar refractivity (Wildman–Crippen MR) is 279 cm³/mol. The highest BCUT2D eigenvalue weighted by atomic mass is 19.1. The lowest BCUT2D eigenvalue weighted by Gasteiger charge is -2.35. The van der Waals surface area contributed by atoms with Gasteiger partial charge in [0, 0.05) is 83.2 Å². The molecule has 1 aliphatic heterocycles. The Morgan fingerprint density at radius 2 is 1.04 bits per heavy atom. The molecular weight excluding hydrogens is 1000 g/mol. The molecule has 3 amide bonds. The van der Waals surface area contributed by atoms with Gasteiger partial charge in [-0.1, -0.05) is 75.9 Å². The molecule has 406 valence electrons. The second kappa shape index (κ2) is 23.3. The molecule has 0 unspecified atom stereocenters. The molecule has 1 aliphatic rings. The number of likely N-dealkylation sites (N-methyl/N-ethyl adjacent to an activating group) is 1. The average molecular weight is 1060 g/mol. The van der Waals surface area contributed by atoms with E-state index < -0.39 is 113 Å². The lowest BCUT2D eigenvalue weighted by Crippen LogP contribution is -2.41. The number of urea groups is 1. The lowest BCUT2D eigenvalue weighted by molar-refractivity contribution is -0.142. The van der Waals surface area contributed by atoms with Crippen molar-refractivity contribution in [2.24, 2.45) is 31.3 Å². The van der Waals surface area contributed by atoms with Gasteiger partial charge in [0.05, 0.1) is 28.5 Å². The molecule has 0 spiro atoms. The van der Waals surface area contributed by atoms with E-state index in [1.807, 2.05) is 20.8 Å². The summed E-state index contributed by atoms with van der Waals surface area (Å²) >= 11 is 0. The Hall–Kier alpha value is -8.22. The van der Waals surface area contributed by atoms with E-state index in [0.717, 1.165) is 33.7 Å². The molecule has 0 fully saturated rings. The first-order valence-corrected chi connectivity index (χ1v) is 24.6. The molecule has 6 rings (SSSR count). The maximum absolute atomic E-state index is 15.9. The number of carbonyl (C=O) groups is 6. The minimum absolute atomic E-state index is 0.0843. The van der Waals surface area contributed by atoms with Crippen molar-refractivity contribution < 1.29 is 56.5 Å². The number of carboxylic acids is 2. The molecular formula is C58H61F4N5O10. The van der Waals surface area contributed by atoms with Gasteiger partial charge in [-0.15, -0.1) is 0 Å². The third-order valence-electron chi connectivity index (χ3n) is 14.1. The molecule has 0 bridgehead atoms. The highest BCUT2D eigenvalue weighted by Gasteiger charge is 2.32. The zero-order valence-corrected chi connectivity index (χ0v) is 44.4. The lowest BCUT2D eigenvalue weighted by atomic mass is 9.90. The predicted octanol–water partition coefficient (Wildman–Crippen LogP) is 9.25. The standard InChI is InChI=1S/C58H61F4N5O10/c1-31-49(32(2)64(8)56(76)63(31)7)38-15-11-34(12-16-38)21-40(54(72)73)27-46(68)51-42(59)23-36(24-43(51)60)29-67(48(70)19-20-58(4,5)6)30-37-25-44(61)52(45(62)26-37)47(69)28-41(55(74)75)22-35-13-17-39(18-14-35)50-33(3)65(9)57(77)66(10)53(50)71/h11-18,23-26,40-41H,1,19-22,27-30H2,2-10H3,(H,72,73)(H,74,75)/t40-,41-/m1/s1. The molecule has 1 aromatic heterocycles. The van der Waals surface area contributed by atoms with E-state index in [9.17, 15) is 48.6 Å². The van der Waals surface area contributed by atoms with Crippen LogP contribution in [0.5, 0.6) is 0 Å². The fourth-order valence-corrected chi connectivity index (χ4v) is 9.29. The number of carbonyl (C=O) groups excluding carboxylic acids is 4. The fourth-order valence-electron chi connectivity index (χ4n) is 9.29. The molecule has 2 atom stereocenters. The van der Waals surface area contributed by atoms with Crippen LogP contribution in [0.4, 0.5) is 22.4 Å². The molecule has 77 heavy (non-hydrogen) atoms. The molecule has 0 aliphatic carbocycles. The molecule has 0 radical (unpaired) electrons. The highest BCUT2D eigenvalue weighted by molar-refractivity contribution is 5.99. The van der Waals surface area contributed by atoms with Gasteiger partial charge in [0.1, 0.15) is 23.3 Å². The molecule has 2 heterocycles. The number of ketones is 2. The number of nitrogens with zero attached hydrogens (tertiary/aromatic N) is 5. The average Bonchev–Trinajstić information content (AvgIpc) is 3.35. The Balaban J connectivity index is 1.17. The van der Waals surface area contributed by atoms with E-state index in [-0.39, 0.29) is 47.4 Å². The van der Waals surface area contributed by atoms with E-state index >= 15 is 17.6 Å².